The predicted octanol–water partition coefficient (Wildman–Crippen LogP) is -5.92. The molecule has 0 aliphatic heterocycles. The van der Waals surface area contributed by atoms with Crippen molar-refractivity contribution in [3.8, 4) is 5.75 Å². The van der Waals surface area contributed by atoms with Crippen LogP contribution in [0.5, 0.6) is 5.75 Å². The summed E-state index contributed by atoms with van der Waals surface area (Å²) in [6.07, 6.45) is -0.905. The molecule has 1 rings (SSSR count). The number of hydrogen-bond donors (Lipinski definition) is 22. The third kappa shape index (κ3) is 36.8. The monoisotopic (exact) mass is 1530 g/mol. The zero-order chi connectivity index (χ0) is 80.7. The second-order valence-corrected chi connectivity index (χ2v) is 27.9. The van der Waals surface area contributed by atoms with Crippen molar-refractivity contribution in [2.45, 2.75) is 244 Å². The summed E-state index contributed by atoms with van der Waals surface area (Å²) < 4.78 is 16.3. The van der Waals surface area contributed by atoms with E-state index in [1.807, 2.05) is 0 Å². The van der Waals surface area contributed by atoms with Crippen molar-refractivity contribution in [3.63, 3.8) is 0 Å². The van der Waals surface area contributed by atoms with Gasteiger partial charge < -0.3 is 113 Å². The molecule has 0 aliphatic rings. The van der Waals surface area contributed by atoms with Gasteiger partial charge in [0.2, 0.25) is 88.6 Å². The highest BCUT2D eigenvalue weighted by Gasteiger charge is 2.39. The number of phosphoric ester groups is 1. The Hall–Kier alpha value is -8.98. The lowest BCUT2D eigenvalue weighted by molar-refractivity contribution is -0.138. The van der Waals surface area contributed by atoms with Gasteiger partial charge in [0, 0.05) is 26.2 Å². The van der Waals surface area contributed by atoms with Crippen LogP contribution in [0.4, 0.5) is 0 Å². The maximum atomic E-state index is 14.7. The van der Waals surface area contributed by atoms with E-state index in [1.54, 1.807) is 20.8 Å². The molecule has 0 unspecified atom stereocenters. The molecule has 1 aromatic rings. The van der Waals surface area contributed by atoms with Gasteiger partial charge in [0.1, 0.15) is 78.3 Å². The number of aliphatic hydroxyl groups excluding tert-OH is 2. The molecular formula is C66H115N18O21P. The Labute approximate surface area is 616 Å². The molecule has 14 atom stereocenters. The fraction of sp³-hybridized carbons (Fsp3) is 0.682. The average Bonchev–Trinajstić information content (AvgIpc) is 0.840. The third-order valence-electron chi connectivity index (χ3n) is 16.7. The summed E-state index contributed by atoms with van der Waals surface area (Å²) in [5, 5.41) is 51.3. The lowest BCUT2D eigenvalue weighted by Crippen LogP contribution is -2.63. The first-order valence-electron chi connectivity index (χ1n) is 35.3. The summed E-state index contributed by atoms with van der Waals surface area (Å²) in [6.45, 7) is 12.9. The number of unbranched alkanes of at least 4 members (excludes halogenated alkanes) is 3. The van der Waals surface area contributed by atoms with Crippen LogP contribution in [0.15, 0.2) is 24.3 Å². The van der Waals surface area contributed by atoms with E-state index < -0.39 is 219 Å². The van der Waals surface area contributed by atoms with Gasteiger partial charge in [-0.1, -0.05) is 60.1 Å². The van der Waals surface area contributed by atoms with E-state index in [0.29, 0.717) is 45.1 Å². The molecule has 39 nitrogen and oxygen atoms in total. The van der Waals surface area contributed by atoms with Gasteiger partial charge >= 0.3 is 7.82 Å². The second kappa shape index (κ2) is 49.0. The van der Waals surface area contributed by atoms with Crippen molar-refractivity contribution in [1.29, 1.82) is 0 Å². The van der Waals surface area contributed by atoms with Crippen LogP contribution in [0.2, 0.25) is 0 Å². The van der Waals surface area contributed by atoms with Gasteiger partial charge in [-0.25, -0.2) is 4.57 Å². The molecule has 40 heteroatoms. The predicted molar refractivity (Wildman–Crippen MR) is 385 cm³/mol. The Kier molecular flexibility index (Phi) is 43.9. The van der Waals surface area contributed by atoms with Crippen LogP contribution in [0, 0.1) is 17.8 Å². The average molecular weight is 1530 g/mol. The van der Waals surface area contributed by atoms with Crippen molar-refractivity contribution in [1.82, 2.24) is 63.8 Å². The van der Waals surface area contributed by atoms with E-state index in [0.717, 1.165) is 19.1 Å². The van der Waals surface area contributed by atoms with E-state index in [9.17, 15) is 96.5 Å². The quantitative estimate of drug-likeness (QED) is 0.0213. The molecule has 0 aliphatic carbocycles. The minimum atomic E-state index is -5.06. The molecule has 0 heterocycles. The van der Waals surface area contributed by atoms with Crippen LogP contribution >= 0.6 is 7.82 Å². The smallest absolute Gasteiger partial charge is 0.404 e. The van der Waals surface area contributed by atoms with Crippen LogP contribution in [0.25, 0.3) is 0 Å². The van der Waals surface area contributed by atoms with E-state index in [1.165, 1.54) is 46.8 Å². The molecule has 0 fully saturated rings. The number of aliphatic hydroxyl groups is 2. The van der Waals surface area contributed by atoms with Gasteiger partial charge in [-0.15, -0.1) is 0 Å². The molecule has 0 aromatic heterocycles. The molecule has 0 radical (unpaired) electrons. The third-order valence-corrected chi connectivity index (χ3v) is 17.1. The van der Waals surface area contributed by atoms with E-state index in [-0.39, 0.29) is 68.8 Å². The number of benzene rings is 1. The largest absolute Gasteiger partial charge is 0.524 e. The number of amides is 15. The van der Waals surface area contributed by atoms with E-state index in [4.69, 9.17) is 34.4 Å². The molecule has 0 saturated carbocycles. The summed E-state index contributed by atoms with van der Waals surface area (Å²) in [5.74, 6) is -16.4. The van der Waals surface area contributed by atoms with E-state index >= 15 is 0 Å². The highest BCUT2D eigenvalue weighted by atomic mass is 31.2. The number of phosphoric acid groups is 1. The minimum absolute atomic E-state index is 0.0260. The number of hydrogen-bond acceptors (Lipinski definition) is 22. The van der Waals surface area contributed by atoms with Crippen molar-refractivity contribution in [2.24, 2.45) is 52.2 Å². The number of carbonyl (C=O) groups is 15. The summed E-state index contributed by atoms with van der Waals surface area (Å²) in [5.41, 5.74) is 33.4. The first-order valence-corrected chi connectivity index (χ1v) is 36.9. The van der Waals surface area contributed by atoms with Gasteiger partial charge in [-0.2, -0.15) is 0 Å². The summed E-state index contributed by atoms with van der Waals surface area (Å²) in [7, 11) is -5.06. The van der Waals surface area contributed by atoms with Gasteiger partial charge in [0.15, 0.2) is 0 Å². The van der Waals surface area contributed by atoms with Gasteiger partial charge in [0.25, 0.3) is 0 Å². The second-order valence-electron chi connectivity index (χ2n) is 26.7. The van der Waals surface area contributed by atoms with Crippen LogP contribution in [-0.2, 0) is 82.9 Å². The summed E-state index contributed by atoms with van der Waals surface area (Å²) in [4.78, 5) is 222. The van der Waals surface area contributed by atoms with Crippen LogP contribution in [0.1, 0.15) is 164 Å². The molecule has 0 spiro atoms. The number of nitrogens with one attached hydrogen (secondary N) is 12. The van der Waals surface area contributed by atoms with Crippen molar-refractivity contribution in [2.75, 3.05) is 26.2 Å². The Morgan fingerprint density at radius 2 is 0.811 bits per heavy atom. The molecule has 600 valence electrons. The fourth-order valence-electron chi connectivity index (χ4n) is 10.5. The number of primary amides is 3. The maximum absolute atomic E-state index is 14.7. The topological polar surface area (TPSA) is 664 Å². The Balaban J connectivity index is 3.69. The molecule has 15 amide bonds. The van der Waals surface area contributed by atoms with Crippen molar-refractivity contribution >= 4 is 96.4 Å². The zero-order valence-electron chi connectivity index (χ0n) is 61.8. The fourth-order valence-corrected chi connectivity index (χ4v) is 10.9. The highest BCUT2D eigenvalue weighted by molar-refractivity contribution is 7.46. The maximum Gasteiger partial charge on any atom is 0.524 e. The Bertz CT molecular complexity index is 3140. The van der Waals surface area contributed by atoms with Gasteiger partial charge in [-0.3, -0.25) is 81.7 Å². The zero-order valence-corrected chi connectivity index (χ0v) is 62.7. The minimum Gasteiger partial charge on any atom is -0.404 e. The Morgan fingerprint density at radius 1 is 0.443 bits per heavy atom. The summed E-state index contributed by atoms with van der Waals surface area (Å²) >= 11 is 0. The number of carbonyl (C=O) groups excluding carboxylic acids is 15. The normalized spacial score (nSPS) is 15.3. The lowest BCUT2D eigenvalue weighted by atomic mass is 9.96. The summed E-state index contributed by atoms with van der Waals surface area (Å²) in [6, 6.07) is -13.4. The van der Waals surface area contributed by atoms with Gasteiger partial charge in [0.05, 0.1) is 12.7 Å². The molecular weight excluding hydrogens is 1410 g/mol. The van der Waals surface area contributed by atoms with Crippen LogP contribution in [-0.4, -0.2) is 213 Å². The highest BCUT2D eigenvalue weighted by Crippen LogP contribution is 2.37. The first-order chi connectivity index (χ1) is 49.6. The number of nitrogens with two attached hydrogens (primary N) is 6. The molecule has 1 aromatic carbocycles. The molecule has 0 bridgehead atoms. The Morgan fingerprint density at radius 3 is 1.25 bits per heavy atom. The SMILES string of the molecule is CC[C@H](C)[C@H](NC(=O)[C@@H](NC(=O)[C@H](CC(C)C)NC(=O)[C@H](CO)NC(=O)[C@H](CCCCN)NC(=O)[C@H](CCCCN)NC(C)=O)[C@@H](C)O)C(=O)N[C@@H](Cc1ccc(OP(=O)(O)O)cc1)C(=O)N[C@@H](C)C(=O)N[C@@H](CCC(N)=O)C(=O)N[C@H](C(=O)N[C@@H](CCC(N)=O)C(=O)N[C@@H](CCCCN)C(N)=O)C(C)C. The molecule has 106 heavy (non-hydrogen) atoms. The standard InChI is InChI=1S/C66H115N18O21P/c1-10-36(6)53(83-66(101)54(38(8)86)84-62(97)47(31-34(2)3)79-63(98)49(33-85)81-58(93)44(19-13-16-30-69)77-57(92)43(74-39(9)87)18-12-15-29-68)65(100)80-48(32-40-20-22-41(23-21-40)105-106(102,103)104)61(96)73-37(7)56(91)76-46(25-27-51(71)89)60(95)82-52(35(4)5)64(99)78-45(24-26-50(70)88)59(94)75-42(55(72)90)17-11-14-28-67/h20-23,34-38,42-49,52-54,85-86H,10-19,24-33,67-69H2,1-9H3,(H2,70,88)(H2,71,89)(H2,72,90)(H,73,96)(H,74,87)(H,75,94)(H,76,91)(H,77,92)(H,78,99)(H,79,98)(H,80,100)(H,81,93)(H,82,95)(H,83,101)(H,84,97)(H2,102,103,104)/t36-,37-,38+,42-,43-,44-,45-,46-,47-,48-,49-,52-,53-,54-/m0/s1. The number of rotatable bonds is 53. The van der Waals surface area contributed by atoms with E-state index in [2.05, 4.69) is 68.3 Å². The molecule has 28 N–H and O–H groups in total. The van der Waals surface area contributed by atoms with Gasteiger partial charge in [-0.05, 0) is 146 Å². The lowest BCUT2D eigenvalue weighted by Gasteiger charge is -2.30. The van der Waals surface area contributed by atoms with Crippen molar-refractivity contribution < 1.29 is 101 Å². The molecule has 0 saturated heterocycles. The van der Waals surface area contributed by atoms with Crippen LogP contribution < -0.4 is 103 Å². The first kappa shape index (κ1) is 95.0. The van der Waals surface area contributed by atoms with Crippen LogP contribution in [0.3, 0.4) is 0 Å². The van der Waals surface area contributed by atoms with Crippen molar-refractivity contribution in [3.05, 3.63) is 29.8 Å².